The molecule has 2 saturated carbocycles. The first-order chi connectivity index (χ1) is 8.31. The minimum Gasteiger partial charge on any atom is -0.324 e. The first kappa shape index (κ1) is 11.3. The van der Waals surface area contributed by atoms with E-state index in [0.29, 0.717) is 0 Å². The van der Waals surface area contributed by atoms with E-state index in [4.69, 9.17) is 5.73 Å². The largest absolute Gasteiger partial charge is 0.324 e. The molecule has 1 aromatic rings. The average molecular weight is 229 g/mol. The van der Waals surface area contributed by atoms with Gasteiger partial charge in [0.15, 0.2) is 0 Å². The second kappa shape index (κ2) is 4.45. The van der Waals surface area contributed by atoms with Crippen molar-refractivity contribution in [3.63, 3.8) is 0 Å². The summed E-state index contributed by atoms with van der Waals surface area (Å²) in [5.41, 5.74) is 9.27. The average Bonchev–Trinajstić information content (AvgIpc) is 3.12. The van der Waals surface area contributed by atoms with Crippen LogP contribution < -0.4 is 5.73 Å². The Kier molecular flexibility index (Phi) is 2.96. The summed E-state index contributed by atoms with van der Waals surface area (Å²) in [7, 11) is 0. The van der Waals surface area contributed by atoms with Crippen LogP contribution in [0.4, 0.5) is 0 Å². The van der Waals surface area contributed by atoms with Crippen molar-refractivity contribution in [1.29, 1.82) is 0 Å². The van der Waals surface area contributed by atoms with E-state index >= 15 is 0 Å². The summed E-state index contributed by atoms with van der Waals surface area (Å²) in [6, 6.07) is 9.19. The fourth-order valence-corrected chi connectivity index (χ4v) is 3.82. The van der Waals surface area contributed by atoms with Crippen LogP contribution in [0.2, 0.25) is 0 Å². The number of fused-ring (bicyclic) bond motifs is 1. The third-order valence-corrected chi connectivity index (χ3v) is 4.88. The Hall–Kier alpha value is -0.820. The van der Waals surface area contributed by atoms with Crippen molar-refractivity contribution in [2.24, 2.45) is 23.5 Å². The predicted octanol–water partition coefficient (Wildman–Crippen LogP) is 3.69. The highest BCUT2D eigenvalue weighted by atomic mass is 14.7. The first-order valence-corrected chi connectivity index (χ1v) is 7.15. The fourth-order valence-electron chi connectivity index (χ4n) is 3.82. The monoisotopic (exact) mass is 229 g/mol. The van der Waals surface area contributed by atoms with Crippen molar-refractivity contribution in [3.05, 3.63) is 35.4 Å². The van der Waals surface area contributed by atoms with Gasteiger partial charge in [0.25, 0.3) is 0 Å². The van der Waals surface area contributed by atoms with Gasteiger partial charge in [-0.3, -0.25) is 0 Å². The van der Waals surface area contributed by atoms with Gasteiger partial charge in [-0.1, -0.05) is 44.0 Å². The summed E-state index contributed by atoms with van der Waals surface area (Å²) in [5, 5.41) is 0. The number of rotatable bonds is 3. The van der Waals surface area contributed by atoms with Gasteiger partial charge in [0.05, 0.1) is 0 Å². The fraction of sp³-hybridized carbons (Fsp3) is 0.625. The van der Waals surface area contributed by atoms with E-state index in [-0.39, 0.29) is 6.04 Å². The molecule has 2 aliphatic rings. The first-order valence-electron chi connectivity index (χ1n) is 7.15. The highest BCUT2D eigenvalue weighted by Crippen LogP contribution is 2.59. The van der Waals surface area contributed by atoms with E-state index in [1.54, 1.807) is 0 Å². The molecule has 0 saturated heterocycles. The van der Waals surface area contributed by atoms with E-state index in [1.165, 1.54) is 36.8 Å². The van der Waals surface area contributed by atoms with E-state index in [2.05, 4.69) is 31.2 Å². The summed E-state index contributed by atoms with van der Waals surface area (Å²) < 4.78 is 0. The molecule has 2 fully saturated rings. The van der Waals surface area contributed by atoms with Crippen molar-refractivity contribution < 1.29 is 0 Å². The Labute approximate surface area is 104 Å². The van der Waals surface area contributed by atoms with E-state index in [0.717, 1.165) is 24.2 Å². The SMILES string of the molecule is CCc1cccc(C(N)C2C3CCCCC32)c1. The maximum Gasteiger partial charge on any atom is 0.0329 e. The van der Waals surface area contributed by atoms with Gasteiger partial charge in [-0.15, -0.1) is 0 Å². The Morgan fingerprint density at radius 1 is 1.24 bits per heavy atom. The van der Waals surface area contributed by atoms with E-state index in [9.17, 15) is 0 Å². The lowest BCUT2D eigenvalue weighted by Crippen LogP contribution is -2.14. The zero-order chi connectivity index (χ0) is 11.8. The smallest absolute Gasteiger partial charge is 0.0329 e. The summed E-state index contributed by atoms with van der Waals surface area (Å²) in [6.45, 7) is 2.21. The molecule has 17 heavy (non-hydrogen) atoms. The van der Waals surface area contributed by atoms with Gasteiger partial charge in [-0.25, -0.2) is 0 Å². The lowest BCUT2D eigenvalue weighted by molar-refractivity contribution is 0.480. The summed E-state index contributed by atoms with van der Waals surface area (Å²) >= 11 is 0. The van der Waals surface area contributed by atoms with Gasteiger partial charge in [0, 0.05) is 6.04 Å². The van der Waals surface area contributed by atoms with Crippen LogP contribution in [-0.4, -0.2) is 0 Å². The number of hydrogen-bond acceptors (Lipinski definition) is 1. The molecule has 0 spiro atoms. The number of nitrogens with two attached hydrogens (primary N) is 1. The number of aryl methyl sites for hydroxylation is 1. The molecule has 1 heteroatoms. The molecule has 3 rings (SSSR count). The highest BCUT2D eigenvalue weighted by molar-refractivity contribution is 5.28. The lowest BCUT2D eigenvalue weighted by atomic mass is 9.98. The second-order valence-electron chi connectivity index (χ2n) is 5.81. The molecule has 0 aliphatic heterocycles. The second-order valence-corrected chi connectivity index (χ2v) is 5.81. The molecule has 0 heterocycles. The van der Waals surface area contributed by atoms with Gasteiger partial charge in [-0.2, -0.15) is 0 Å². The van der Waals surface area contributed by atoms with Crippen molar-refractivity contribution >= 4 is 0 Å². The van der Waals surface area contributed by atoms with Gasteiger partial charge in [0.2, 0.25) is 0 Å². The predicted molar refractivity (Wildman–Crippen MR) is 71.7 cm³/mol. The van der Waals surface area contributed by atoms with Gasteiger partial charge in [-0.05, 0) is 48.1 Å². The molecule has 92 valence electrons. The molecule has 3 unspecified atom stereocenters. The Morgan fingerprint density at radius 3 is 2.59 bits per heavy atom. The van der Waals surface area contributed by atoms with Crippen molar-refractivity contribution in [3.8, 4) is 0 Å². The van der Waals surface area contributed by atoms with Crippen LogP contribution in [0.25, 0.3) is 0 Å². The normalized spacial score (nSPS) is 32.9. The number of benzene rings is 1. The van der Waals surface area contributed by atoms with Gasteiger partial charge in [0.1, 0.15) is 0 Å². The summed E-state index contributed by atoms with van der Waals surface area (Å²) in [6.07, 6.45) is 6.82. The van der Waals surface area contributed by atoms with Gasteiger partial charge >= 0.3 is 0 Å². The minimum absolute atomic E-state index is 0.287. The summed E-state index contributed by atoms with van der Waals surface area (Å²) in [4.78, 5) is 0. The third kappa shape index (κ3) is 2.01. The van der Waals surface area contributed by atoms with Crippen LogP contribution in [0.1, 0.15) is 49.8 Å². The molecule has 0 bridgehead atoms. The van der Waals surface area contributed by atoms with Gasteiger partial charge < -0.3 is 5.73 Å². The molecular weight excluding hydrogens is 206 g/mol. The topological polar surface area (TPSA) is 26.0 Å². The quantitative estimate of drug-likeness (QED) is 0.840. The van der Waals surface area contributed by atoms with Crippen molar-refractivity contribution in [2.45, 2.75) is 45.1 Å². The minimum atomic E-state index is 0.287. The van der Waals surface area contributed by atoms with E-state index in [1.807, 2.05) is 0 Å². The van der Waals surface area contributed by atoms with Crippen molar-refractivity contribution in [1.82, 2.24) is 0 Å². The zero-order valence-electron chi connectivity index (χ0n) is 10.7. The number of hydrogen-bond donors (Lipinski definition) is 1. The molecular formula is C16H23N. The van der Waals surface area contributed by atoms with Crippen LogP contribution in [0.3, 0.4) is 0 Å². The van der Waals surface area contributed by atoms with Crippen LogP contribution in [0.5, 0.6) is 0 Å². The molecule has 0 aromatic heterocycles. The Morgan fingerprint density at radius 2 is 1.94 bits per heavy atom. The van der Waals surface area contributed by atoms with Crippen LogP contribution in [0.15, 0.2) is 24.3 Å². The van der Waals surface area contributed by atoms with Crippen LogP contribution >= 0.6 is 0 Å². The molecule has 3 atom stereocenters. The third-order valence-electron chi connectivity index (χ3n) is 4.88. The highest BCUT2D eigenvalue weighted by Gasteiger charge is 2.53. The summed E-state index contributed by atoms with van der Waals surface area (Å²) in [5.74, 6) is 2.68. The maximum absolute atomic E-state index is 6.48. The Balaban J connectivity index is 1.75. The van der Waals surface area contributed by atoms with Crippen molar-refractivity contribution in [2.75, 3.05) is 0 Å². The lowest BCUT2D eigenvalue weighted by Gasteiger charge is -2.13. The standard InChI is InChI=1S/C16H23N/c1-2-11-6-5-7-12(10-11)16(17)15-13-8-3-4-9-14(13)15/h5-7,10,13-16H,2-4,8-9,17H2,1H3. The van der Waals surface area contributed by atoms with Crippen LogP contribution in [0, 0.1) is 17.8 Å². The molecule has 2 N–H and O–H groups in total. The maximum atomic E-state index is 6.48. The van der Waals surface area contributed by atoms with E-state index < -0.39 is 0 Å². The molecule has 0 amide bonds. The molecule has 0 radical (unpaired) electrons. The Bertz CT molecular complexity index is 386. The zero-order valence-corrected chi connectivity index (χ0v) is 10.7. The molecule has 1 nitrogen and oxygen atoms in total. The molecule has 1 aromatic carbocycles. The van der Waals surface area contributed by atoms with Crippen LogP contribution in [-0.2, 0) is 6.42 Å². The molecule has 2 aliphatic carbocycles.